The van der Waals surface area contributed by atoms with E-state index in [9.17, 15) is 32.3 Å². The Balaban J connectivity index is 1.87. The van der Waals surface area contributed by atoms with E-state index >= 15 is 0 Å². The molecule has 2 rings (SSSR count). The fourth-order valence-corrected chi connectivity index (χ4v) is 2.88. The number of nitrogens with zero attached hydrogens (tertiary/aromatic N) is 1. The highest BCUT2D eigenvalue weighted by Gasteiger charge is 2.36. The van der Waals surface area contributed by atoms with E-state index in [0.29, 0.717) is 18.9 Å². The zero-order valence-corrected chi connectivity index (χ0v) is 16.2. The topological polar surface area (TPSA) is 114 Å². The molecule has 0 bridgehead atoms. The minimum Gasteiger partial charge on any atom is -0.463 e. The summed E-state index contributed by atoms with van der Waals surface area (Å²) in [7, 11) is 0. The van der Waals surface area contributed by atoms with E-state index in [0.717, 1.165) is 6.20 Å². The lowest BCUT2D eigenvalue weighted by Crippen LogP contribution is -2.45. The number of rotatable bonds is 7. The molecule has 0 aromatic rings. The van der Waals surface area contributed by atoms with Crippen molar-refractivity contribution in [2.75, 3.05) is 32.8 Å². The number of ketones is 1. The van der Waals surface area contributed by atoms with Crippen molar-refractivity contribution in [3.05, 3.63) is 23.5 Å². The number of hydrogen-bond acceptors (Lipinski definition) is 7. The van der Waals surface area contributed by atoms with Gasteiger partial charge in [-0.3, -0.25) is 9.59 Å². The molecule has 12 heteroatoms. The predicted molar refractivity (Wildman–Crippen MR) is 95.7 cm³/mol. The Morgan fingerprint density at radius 1 is 1.20 bits per heavy atom. The van der Waals surface area contributed by atoms with Crippen molar-refractivity contribution in [2.45, 2.75) is 25.9 Å². The van der Waals surface area contributed by atoms with E-state index in [1.807, 2.05) is 0 Å². The van der Waals surface area contributed by atoms with Crippen LogP contribution in [0.1, 0.15) is 19.8 Å². The summed E-state index contributed by atoms with van der Waals surface area (Å²) in [5.74, 6) is -3.62. The Kier molecular flexibility index (Phi) is 7.84. The number of nitrogens with one attached hydrogen (secondary N) is 2. The quantitative estimate of drug-likeness (QED) is 0.455. The number of carbonyl (C=O) groups excluding carboxylic acids is 4. The van der Waals surface area contributed by atoms with E-state index in [1.165, 1.54) is 4.90 Å². The number of amides is 2. The molecule has 0 radical (unpaired) electrons. The highest BCUT2D eigenvalue weighted by atomic mass is 19.4. The molecular formula is C18H22F3N3O6. The van der Waals surface area contributed by atoms with Crippen molar-refractivity contribution < 1.29 is 41.8 Å². The van der Waals surface area contributed by atoms with E-state index < -0.39 is 35.8 Å². The van der Waals surface area contributed by atoms with Gasteiger partial charge in [0.15, 0.2) is 0 Å². The largest absolute Gasteiger partial charge is 0.463 e. The zero-order valence-electron chi connectivity index (χ0n) is 16.2. The molecular weight excluding hydrogens is 411 g/mol. The number of carbonyl (C=O) groups is 4. The molecule has 0 aliphatic carbocycles. The highest BCUT2D eigenvalue weighted by Crippen LogP contribution is 2.21. The van der Waals surface area contributed by atoms with Crippen molar-refractivity contribution in [3.8, 4) is 0 Å². The van der Waals surface area contributed by atoms with Gasteiger partial charge in [-0.25, -0.2) is 9.59 Å². The molecule has 1 saturated heterocycles. The van der Waals surface area contributed by atoms with Crippen LogP contribution >= 0.6 is 0 Å². The van der Waals surface area contributed by atoms with Gasteiger partial charge in [0.05, 0.1) is 30.3 Å². The number of alkyl halides is 3. The maximum Gasteiger partial charge on any atom is 0.454 e. The molecule has 9 nitrogen and oxygen atoms in total. The molecule has 30 heavy (non-hydrogen) atoms. The first-order chi connectivity index (χ1) is 14.1. The Bertz CT molecular complexity index is 755. The summed E-state index contributed by atoms with van der Waals surface area (Å²) in [5, 5.41) is 4.85. The number of urea groups is 1. The monoisotopic (exact) mass is 433 g/mol. The number of likely N-dealkylation sites (tertiary alicyclic amines) is 1. The summed E-state index contributed by atoms with van der Waals surface area (Å²) in [6, 6.07) is -0.539. The minimum absolute atomic E-state index is 0.0566. The van der Waals surface area contributed by atoms with Crippen LogP contribution < -0.4 is 10.6 Å². The van der Waals surface area contributed by atoms with Crippen molar-refractivity contribution in [2.24, 2.45) is 5.92 Å². The Morgan fingerprint density at radius 3 is 2.47 bits per heavy atom. The number of piperidine rings is 1. The molecule has 2 heterocycles. The number of halogens is 3. The molecule has 0 atom stereocenters. The fraction of sp³-hybridized carbons (Fsp3) is 0.556. The lowest BCUT2D eigenvalue weighted by molar-refractivity contribution is -0.165. The summed E-state index contributed by atoms with van der Waals surface area (Å²) in [5.41, 5.74) is 0.287. The molecule has 2 aliphatic heterocycles. The van der Waals surface area contributed by atoms with Crippen LogP contribution in [0, 0.1) is 5.92 Å². The van der Waals surface area contributed by atoms with E-state index in [1.54, 1.807) is 6.92 Å². The van der Waals surface area contributed by atoms with Gasteiger partial charge in [-0.05, 0) is 19.8 Å². The second kappa shape index (κ2) is 10.1. The molecule has 0 aromatic heterocycles. The third-order valence-electron chi connectivity index (χ3n) is 4.51. The molecule has 1 fully saturated rings. The van der Waals surface area contributed by atoms with Gasteiger partial charge in [-0.2, -0.15) is 13.2 Å². The van der Waals surface area contributed by atoms with Gasteiger partial charge in [0.1, 0.15) is 6.61 Å². The second-order valence-electron chi connectivity index (χ2n) is 6.58. The molecule has 2 amide bonds. The van der Waals surface area contributed by atoms with Gasteiger partial charge in [-0.15, -0.1) is 0 Å². The van der Waals surface area contributed by atoms with Gasteiger partial charge in [-0.1, -0.05) is 0 Å². The minimum atomic E-state index is -4.92. The zero-order chi connectivity index (χ0) is 22.3. The van der Waals surface area contributed by atoms with E-state index in [4.69, 9.17) is 9.47 Å². The van der Waals surface area contributed by atoms with Crippen LogP contribution in [-0.4, -0.2) is 67.7 Å². The van der Waals surface area contributed by atoms with Crippen LogP contribution in [0.4, 0.5) is 18.0 Å². The van der Waals surface area contributed by atoms with Gasteiger partial charge < -0.3 is 25.0 Å². The number of ether oxygens (including phenoxy) is 2. The maximum atomic E-state index is 12.3. The second-order valence-corrected chi connectivity index (χ2v) is 6.58. The summed E-state index contributed by atoms with van der Waals surface area (Å²) in [6.07, 6.45) is -2.75. The maximum absolute atomic E-state index is 12.3. The van der Waals surface area contributed by atoms with Crippen LogP contribution in [-0.2, 0) is 23.9 Å². The van der Waals surface area contributed by atoms with Crippen molar-refractivity contribution in [3.63, 3.8) is 0 Å². The van der Waals surface area contributed by atoms with Crippen molar-refractivity contribution >= 4 is 23.8 Å². The van der Waals surface area contributed by atoms with Crippen LogP contribution in [0.15, 0.2) is 23.5 Å². The molecule has 0 unspecified atom stereocenters. The first-order valence-corrected chi connectivity index (χ1v) is 9.25. The summed E-state index contributed by atoms with van der Waals surface area (Å²) < 4.78 is 46.8. The van der Waals surface area contributed by atoms with Gasteiger partial charge in [0.25, 0.3) is 5.78 Å². The van der Waals surface area contributed by atoms with E-state index in [2.05, 4.69) is 10.6 Å². The third-order valence-corrected chi connectivity index (χ3v) is 4.51. The first-order valence-electron chi connectivity index (χ1n) is 9.25. The Morgan fingerprint density at radius 2 is 1.87 bits per heavy atom. The Labute approximate surface area is 170 Å². The molecule has 2 N–H and O–H groups in total. The average Bonchev–Trinajstić information content (AvgIpc) is 2.70. The van der Waals surface area contributed by atoms with Crippen LogP contribution in [0.5, 0.6) is 0 Å². The SMILES string of the molecule is CCOC(=O)C1=C(COC(=O)C2CCN(/C=C/C(=O)C(F)(F)F)CC2)NC(=O)NC1. The number of hydrogen-bond donors (Lipinski definition) is 2. The standard InChI is InChI=1S/C18H22F3N3O6/c1-2-29-16(27)12-9-22-17(28)23-13(12)10-30-15(26)11-3-6-24(7-4-11)8-5-14(25)18(19,20)21/h5,8,11H,2-4,6-7,9-10H2,1H3,(H2,22,23,28)/b8-5+. The summed E-state index contributed by atoms with van der Waals surface area (Å²) in [4.78, 5) is 48.1. The predicted octanol–water partition coefficient (Wildman–Crippen LogP) is 1.02. The van der Waals surface area contributed by atoms with Crippen LogP contribution in [0.2, 0.25) is 0 Å². The van der Waals surface area contributed by atoms with Gasteiger partial charge >= 0.3 is 24.1 Å². The number of esters is 2. The molecule has 2 aliphatic rings. The number of allylic oxidation sites excluding steroid dienone is 1. The fourth-order valence-electron chi connectivity index (χ4n) is 2.88. The normalized spacial score (nSPS) is 18.1. The first kappa shape index (κ1) is 23.2. The van der Waals surface area contributed by atoms with E-state index in [-0.39, 0.29) is 44.1 Å². The lowest BCUT2D eigenvalue weighted by Gasteiger charge is -2.30. The summed E-state index contributed by atoms with van der Waals surface area (Å²) >= 11 is 0. The lowest BCUT2D eigenvalue weighted by atomic mass is 9.97. The Hall–Kier alpha value is -3.05. The molecule has 0 saturated carbocycles. The van der Waals surface area contributed by atoms with Crippen molar-refractivity contribution in [1.29, 1.82) is 0 Å². The summed E-state index contributed by atoms with van der Waals surface area (Å²) in [6.45, 7) is 1.95. The molecule has 166 valence electrons. The van der Waals surface area contributed by atoms with Crippen LogP contribution in [0.25, 0.3) is 0 Å². The molecule has 0 aromatic carbocycles. The van der Waals surface area contributed by atoms with Gasteiger partial charge in [0.2, 0.25) is 0 Å². The van der Waals surface area contributed by atoms with Crippen molar-refractivity contribution in [1.82, 2.24) is 15.5 Å². The highest BCUT2D eigenvalue weighted by molar-refractivity contribution is 5.94. The third kappa shape index (κ3) is 6.49. The molecule has 0 spiro atoms. The average molecular weight is 433 g/mol. The van der Waals surface area contributed by atoms with Crippen LogP contribution in [0.3, 0.4) is 0 Å². The smallest absolute Gasteiger partial charge is 0.454 e. The van der Waals surface area contributed by atoms with Gasteiger partial charge in [0, 0.05) is 25.4 Å².